The lowest BCUT2D eigenvalue weighted by Gasteiger charge is -2.15. The third-order valence-electron chi connectivity index (χ3n) is 3.14. The number of aromatic nitrogens is 2. The van der Waals surface area contributed by atoms with Crippen LogP contribution in [0.1, 0.15) is 34.8 Å². The minimum Gasteiger partial charge on any atom is -0.271 e. The van der Waals surface area contributed by atoms with Crippen molar-refractivity contribution in [2.24, 2.45) is 5.84 Å². The number of hydrazine groups is 1. The van der Waals surface area contributed by atoms with Crippen molar-refractivity contribution in [2.45, 2.75) is 39.8 Å². The third kappa shape index (κ3) is 3.00. The van der Waals surface area contributed by atoms with Gasteiger partial charge in [-0.1, -0.05) is 11.6 Å². The Labute approximate surface area is 122 Å². The number of nitrogens with two attached hydrogens (primary N) is 1. The van der Waals surface area contributed by atoms with Gasteiger partial charge in [-0.3, -0.25) is 16.0 Å². The highest BCUT2D eigenvalue weighted by Gasteiger charge is 2.19. The molecule has 0 fully saturated rings. The molecule has 4 nitrogen and oxygen atoms in total. The van der Waals surface area contributed by atoms with E-state index in [0.29, 0.717) is 0 Å². The highest BCUT2D eigenvalue weighted by Crippen LogP contribution is 2.33. The van der Waals surface area contributed by atoms with Gasteiger partial charge in [0.15, 0.2) is 0 Å². The lowest BCUT2D eigenvalue weighted by Crippen LogP contribution is -2.29. The predicted molar refractivity (Wildman–Crippen MR) is 80.5 cm³/mol. The fourth-order valence-electron chi connectivity index (χ4n) is 2.16. The quantitative estimate of drug-likeness (QED) is 0.659. The van der Waals surface area contributed by atoms with Crippen LogP contribution in [0.25, 0.3) is 0 Å². The first-order valence-corrected chi connectivity index (χ1v) is 7.55. The van der Waals surface area contributed by atoms with E-state index >= 15 is 0 Å². The second kappa shape index (κ2) is 6.05. The summed E-state index contributed by atoms with van der Waals surface area (Å²) in [6.07, 6.45) is 0.783. The molecule has 0 saturated carbocycles. The highest BCUT2D eigenvalue weighted by molar-refractivity contribution is 7.10. The Morgan fingerprint density at radius 1 is 1.53 bits per heavy atom. The standard InChI is InChI=1S/C13H19ClN4S/c1-4-18-10(5-9(3)17-18)6-11(16-15)13-12(14)8(2)7-19-13/h5,7,11,16H,4,6,15H2,1-3H3. The Bertz CT molecular complexity index is 561. The molecule has 0 radical (unpaired) electrons. The Balaban J connectivity index is 2.26. The van der Waals surface area contributed by atoms with Crippen LogP contribution in [0.4, 0.5) is 0 Å². The molecule has 6 heteroatoms. The van der Waals surface area contributed by atoms with E-state index in [4.69, 9.17) is 17.4 Å². The van der Waals surface area contributed by atoms with Gasteiger partial charge in [-0.25, -0.2) is 0 Å². The number of hydrogen-bond acceptors (Lipinski definition) is 4. The van der Waals surface area contributed by atoms with E-state index < -0.39 is 0 Å². The molecule has 1 atom stereocenters. The second-order valence-corrected chi connectivity index (χ2v) is 5.90. The lowest BCUT2D eigenvalue weighted by molar-refractivity contribution is 0.523. The van der Waals surface area contributed by atoms with Crippen LogP contribution in [-0.2, 0) is 13.0 Å². The summed E-state index contributed by atoms with van der Waals surface area (Å²) in [5, 5.41) is 7.33. The summed E-state index contributed by atoms with van der Waals surface area (Å²) in [5.41, 5.74) is 6.17. The van der Waals surface area contributed by atoms with Crippen LogP contribution in [0, 0.1) is 13.8 Å². The first-order chi connectivity index (χ1) is 9.06. The van der Waals surface area contributed by atoms with Crippen LogP contribution in [0.15, 0.2) is 11.4 Å². The summed E-state index contributed by atoms with van der Waals surface area (Å²) >= 11 is 7.96. The van der Waals surface area contributed by atoms with Crippen LogP contribution in [0.5, 0.6) is 0 Å². The number of nitrogens with one attached hydrogen (secondary N) is 1. The van der Waals surface area contributed by atoms with Crippen molar-refractivity contribution in [3.63, 3.8) is 0 Å². The van der Waals surface area contributed by atoms with Crippen molar-refractivity contribution in [2.75, 3.05) is 0 Å². The van der Waals surface area contributed by atoms with E-state index in [9.17, 15) is 0 Å². The lowest BCUT2D eigenvalue weighted by atomic mass is 10.1. The molecule has 0 amide bonds. The maximum absolute atomic E-state index is 6.32. The molecule has 2 heterocycles. The van der Waals surface area contributed by atoms with Crippen LogP contribution in [0.2, 0.25) is 5.02 Å². The molecule has 0 aliphatic heterocycles. The van der Waals surface area contributed by atoms with Crippen LogP contribution < -0.4 is 11.3 Å². The Morgan fingerprint density at radius 3 is 2.79 bits per heavy atom. The molecule has 2 rings (SSSR count). The topological polar surface area (TPSA) is 55.9 Å². The maximum atomic E-state index is 6.32. The normalized spacial score (nSPS) is 12.9. The van der Waals surface area contributed by atoms with Crippen molar-refractivity contribution in [3.8, 4) is 0 Å². The molecule has 0 saturated heterocycles. The minimum atomic E-state index is 0.0209. The first-order valence-electron chi connectivity index (χ1n) is 6.29. The Morgan fingerprint density at radius 2 is 2.26 bits per heavy atom. The van der Waals surface area contributed by atoms with E-state index in [1.807, 2.05) is 18.5 Å². The van der Waals surface area contributed by atoms with Crippen molar-refractivity contribution in [1.29, 1.82) is 0 Å². The number of rotatable bonds is 5. The molecule has 2 aromatic rings. The number of halogens is 1. The SMILES string of the molecule is CCn1nc(C)cc1CC(NN)c1scc(C)c1Cl. The van der Waals surface area contributed by atoms with E-state index in [2.05, 4.69) is 28.9 Å². The van der Waals surface area contributed by atoms with Crippen molar-refractivity contribution < 1.29 is 0 Å². The number of aryl methyl sites for hydroxylation is 3. The van der Waals surface area contributed by atoms with Crippen molar-refractivity contribution in [3.05, 3.63) is 38.3 Å². The zero-order valence-corrected chi connectivity index (χ0v) is 13.0. The smallest absolute Gasteiger partial charge is 0.0623 e. The van der Waals surface area contributed by atoms with Gasteiger partial charge in [0.05, 0.1) is 16.8 Å². The molecule has 0 aromatic carbocycles. The molecule has 2 aromatic heterocycles. The van der Waals surface area contributed by atoms with Gasteiger partial charge in [-0.15, -0.1) is 11.3 Å². The zero-order valence-electron chi connectivity index (χ0n) is 11.4. The molecule has 0 aliphatic carbocycles. The average Bonchev–Trinajstić information content (AvgIpc) is 2.91. The van der Waals surface area contributed by atoms with Gasteiger partial charge in [-0.2, -0.15) is 5.10 Å². The molecule has 0 spiro atoms. The molecule has 19 heavy (non-hydrogen) atoms. The van der Waals surface area contributed by atoms with E-state index in [0.717, 1.165) is 34.1 Å². The predicted octanol–water partition coefficient (Wildman–Crippen LogP) is 2.98. The monoisotopic (exact) mass is 298 g/mol. The largest absolute Gasteiger partial charge is 0.271 e. The second-order valence-electron chi connectivity index (χ2n) is 4.61. The number of thiophene rings is 1. The Kier molecular flexibility index (Phi) is 4.62. The van der Waals surface area contributed by atoms with Crippen LogP contribution in [-0.4, -0.2) is 9.78 Å². The number of hydrogen-bond donors (Lipinski definition) is 2. The van der Waals surface area contributed by atoms with Gasteiger partial charge in [0.2, 0.25) is 0 Å². The molecule has 0 aliphatic rings. The fraction of sp³-hybridized carbons (Fsp3) is 0.462. The number of nitrogens with zero attached hydrogens (tertiary/aromatic N) is 2. The van der Waals surface area contributed by atoms with Crippen molar-refractivity contribution >= 4 is 22.9 Å². The van der Waals surface area contributed by atoms with Gasteiger partial charge < -0.3 is 0 Å². The van der Waals surface area contributed by atoms with E-state index in [1.165, 1.54) is 5.69 Å². The molecule has 0 bridgehead atoms. The van der Waals surface area contributed by atoms with E-state index in [-0.39, 0.29) is 6.04 Å². The van der Waals surface area contributed by atoms with Gasteiger partial charge in [0, 0.05) is 23.5 Å². The van der Waals surface area contributed by atoms with Gasteiger partial charge in [0.1, 0.15) is 0 Å². The summed E-state index contributed by atoms with van der Waals surface area (Å²) in [5.74, 6) is 5.70. The maximum Gasteiger partial charge on any atom is 0.0623 e. The summed E-state index contributed by atoms with van der Waals surface area (Å²) in [6.45, 7) is 6.96. The third-order valence-corrected chi connectivity index (χ3v) is 4.97. The summed E-state index contributed by atoms with van der Waals surface area (Å²) in [6, 6.07) is 2.12. The summed E-state index contributed by atoms with van der Waals surface area (Å²) in [4.78, 5) is 1.09. The van der Waals surface area contributed by atoms with Crippen molar-refractivity contribution in [1.82, 2.24) is 15.2 Å². The molecule has 3 N–H and O–H groups in total. The zero-order chi connectivity index (χ0) is 14.0. The first kappa shape index (κ1) is 14.5. The van der Waals surface area contributed by atoms with E-state index in [1.54, 1.807) is 11.3 Å². The van der Waals surface area contributed by atoms with Gasteiger partial charge in [-0.05, 0) is 37.8 Å². The minimum absolute atomic E-state index is 0.0209. The molecular formula is C13H19ClN4S. The summed E-state index contributed by atoms with van der Waals surface area (Å²) < 4.78 is 2.01. The fourth-order valence-corrected chi connectivity index (χ4v) is 3.54. The Hall–Kier alpha value is -0.880. The molecule has 1 unspecified atom stereocenters. The summed E-state index contributed by atoms with van der Waals surface area (Å²) in [7, 11) is 0. The van der Waals surface area contributed by atoms with Crippen LogP contribution >= 0.6 is 22.9 Å². The molecular weight excluding hydrogens is 280 g/mol. The average molecular weight is 299 g/mol. The molecule has 104 valence electrons. The highest BCUT2D eigenvalue weighted by atomic mass is 35.5. The van der Waals surface area contributed by atoms with Gasteiger partial charge in [0.25, 0.3) is 0 Å². The van der Waals surface area contributed by atoms with Gasteiger partial charge >= 0.3 is 0 Å². The van der Waals surface area contributed by atoms with Crippen LogP contribution in [0.3, 0.4) is 0 Å².